The van der Waals surface area contributed by atoms with E-state index in [2.05, 4.69) is 38.3 Å². The van der Waals surface area contributed by atoms with Crippen LogP contribution in [0.15, 0.2) is 35.1 Å². The second kappa shape index (κ2) is 11.8. The normalized spacial score (nSPS) is 17.2. The van der Waals surface area contributed by atoms with Crippen LogP contribution in [-0.2, 0) is 42.6 Å². The van der Waals surface area contributed by atoms with Crippen LogP contribution in [0.25, 0.3) is 27.6 Å². The Morgan fingerprint density at radius 2 is 1.84 bits per heavy atom. The summed E-state index contributed by atoms with van der Waals surface area (Å²) in [5.41, 5.74) is 1.11. The molecule has 0 bridgehead atoms. The molecule has 2 aromatic heterocycles. The number of cyclic esters (lactones) is 1. The minimum atomic E-state index is -2.02. The van der Waals surface area contributed by atoms with Crippen molar-refractivity contribution in [2.75, 3.05) is 6.54 Å². The predicted molar refractivity (Wildman–Crippen MR) is 165 cm³/mol. The van der Waals surface area contributed by atoms with Crippen LogP contribution in [0.3, 0.4) is 0 Å². The molecule has 5 rings (SSSR count). The van der Waals surface area contributed by atoms with E-state index in [9.17, 15) is 19.2 Å². The van der Waals surface area contributed by atoms with Crippen LogP contribution >= 0.6 is 0 Å². The maximum atomic E-state index is 14.0. The number of rotatable bonds is 6. The number of hydrogen-bond donors (Lipinski definition) is 0. The van der Waals surface area contributed by atoms with Crippen LogP contribution in [0.2, 0.25) is 18.6 Å². The average molecular weight is 612 g/mol. The molecule has 0 N–H and O–H groups in total. The van der Waals surface area contributed by atoms with Gasteiger partial charge in [-0.2, -0.15) is 0 Å². The van der Waals surface area contributed by atoms with Crippen LogP contribution in [-0.4, -0.2) is 47.8 Å². The summed E-state index contributed by atoms with van der Waals surface area (Å²) in [5.74, 6) is -1.70. The molecule has 4 heterocycles. The number of ether oxygens (including phenoxy) is 3. The first-order valence-electron chi connectivity index (χ1n) is 14.6. The van der Waals surface area contributed by atoms with Gasteiger partial charge in [0.1, 0.15) is 12.2 Å². The van der Waals surface area contributed by atoms with Gasteiger partial charge in [0.05, 0.1) is 37.1 Å². The number of benzene rings is 1. The number of hydrogen-bond acceptors (Lipinski definition) is 8. The summed E-state index contributed by atoms with van der Waals surface area (Å²) in [4.78, 5) is 57.4. The second-order valence-corrected chi connectivity index (χ2v) is 18.1. The Bertz CT molecular complexity index is 1730. The van der Waals surface area contributed by atoms with Crippen LogP contribution in [0, 0.1) is 0 Å². The molecular formula is C32H38LiN3O7Si. The molecule has 3 aromatic rings. The minimum Gasteiger partial charge on any atom is -0.608 e. The first-order chi connectivity index (χ1) is 20.1. The van der Waals surface area contributed by atoms with Gasteiger partial charge in [0.25, 0.3) is 11.5 Å². The molecule has 2 aliphatic heterocycles. The third kappa shape index (κ3) is 5.61. The molecule has 228 valence electrons. The van der Waals surface area contributed by atoms with Crippen molar-refractivity contribution >= 4 is 42.2 Å². The molecule has 1 amide bonds. The molecule has 0 spiro atoms. The number of aromatic nitrogens is 2. The number of amides is 1. The summed E-state index contributed by atoms with van der Waals surface area (Å²) in [6, 6.07) is 9.79. The van der Waals surface area contributed by atoms with Gasteiger partial charge in [-0.15, -0.1) is 0 Å². The molecule has 0 unspecified atom stereocenters. The first-order valence-corrected chi connectivity index (χ1v) is 17.7. The van der Waals surface area contributed by atoms with Gasteiger partial charge >= 0.3 is 24.8 Å². The monoisotopic (exact) mass is 611 g/mol. The Labute approximate surface area is 270 Å². The third-order valence-electron chi connectivity index (χ3n) is 8.67. The molecule has 1 aromatic carbocycles. The third-order valence-corrected chi connectivity index (χ3v) is 13.4. The summed E-state index contributed by atoms with van der Waals surface area (Å²) in [5, 5.41) is 6.01. The Balaban J connectivity index is 0.00000442. The van der Waals surface area contributed by atoms with Gasteiger partial charge in [-0.25, -0.2) is 9.78 Å². The molecular weight excluding hydrogens is 573 g/mol. The van der Waals surface area contributed by atoms with Crippen LogP contribution in [0.5, 0.6) is 0 Å². The van der Waals surface area contributed by atoms with Crippen molar-refractivity contribution in [3.63, 3.8) is 0 Å². The fourth-order valence-corrected chi connectivity index (χ4v) is 8.32. The molecule has 0 aliphatic carbocycles. The van der Waals surface area contributed by atoms with Crippen molar-refractivity contribution in [1.29, 1.82) is 0 Å². The topological polar surface area (TPSA) is 128 Å². The van der Waals surface area contributed by atoms with Crippen molar-refractivity contribution < 1.29 is 47.5 Å². The smallest absolute Gasteiger partial charge is 0.608 e. The van der Waals surface area contributed by atoms with Gasteiger partial charge in [0.15, 0.2) is 0 Å². The Morgan fingerprint density at radius 1 is 1.16 bits per heavy atom. The number of carbonyl (C=O) groups is 3. The van der Waals surface area contributed by atoms with Crippen LogP contribution in [0.1, 0.15) is 64.7 Å². The van der Waals surface area contributed by atoms with Gasteiger partial charge in [-0.1, -0.05) is 52.1 Å². The van der Waals surface area contributed by atoms with Gasteiger partial charge in [-0.3, -0.25) is 14.4 Å². The zero-order valence-electron chi connectivity index (χ0n) is 27.0. The molecule has 0 saturated carbocycles. The van der Waals surface area contributed by atoms with Crippen molar-refractivity contribution in [2.45, 2.75) is 91.0 Å². The van der Waals surface area contributed by atoms with Crippen molar-refractivity contribution in [3.8, 4) is 11.4 Å². The van der Waals surface area contributed by atoms with Gasteiger partial charge < -0.3 is 24.1 Å². The van der Waals surface area contributed by atoms with Gasteiger partial charge in [-0.05, 0) is 67.5 Å². The van der Waals surface area contributed by atoms with E-state index >= 15 is 0 Å². The maximum absolute atomic E-state index is 14.0. The zero-order valence-corrected chi connectivity index (χ0v) is 28.0. The number of para-hydroxylation sites is 1. The minimum absolute atomic E-state index is 0. The van der Waals surface area contributed by atoms with E-state index in [1.54, 1.807) is 38.3 Å². The maximum Gasteiger partial charge on any atom is 1.00 e. The summed E-state index contributed by atoms with van der Waals surface area (Å²) < 4.78 is 18.0. The van der Waals surface area contributed by atoms with E-state index < -0.39 is 43.9 Å². The summed E-state index contributed by atoms with van der Waals surface area (Å²) in [6.07, 6.45) is -0.910. The van der Waals surface area contributed by atoms with Crippen molar-refractivity contribution in [2.24, 2.45) is 0 Å². The largest absolute Gasteiger partial charge is 1.00 e. The first kappa shape index (κ1) is 33.5. The SMILES string of the molecule is CC[C@@]1(OC(=O)C[N-]C(=O)OC(C)(C)C)C(=O)OCc2c1cc1n(c2=O)Cc2c-1nc1ccccc1c2[Si](C)(C)C(C)C.[Li+]. The van der Waals surface area contributed by atoms with Crippen LogP contribution in [0.4, 0.5) is 4.79 Å². The van der Waals surface area contributed by atoms with E-state index in [-0.39, 0.29) is 48.6 Å². The molecule has 44 heavy (non-hydrogen) atoms. The van der Waals surface area contributed by atoms with Crippen molar-refractivity contribution in [3.05, 3.63) is 62.7 Å². The van der Waals surface area contributed by atoms with Crippen molar-refractivity contribution in [1.82, 2.24) is 9.55 Å². The molecule has 12 heteroatoms. The summed E-state index contributed by atoms with van der Waals surface area (Å²) in [6.45, 7) is 15.3. The fourth-order valence-electron chi connectivity index (χ4n) is 5.86. The molecule has 0 saturated heterocycles. The number of esters is 2. The van der Waals surface area contributed by atoms with E-state index in [1.165, 1.54) is 5.19 Å². The molecule has 1 atom stereocenters. The number of carbonyl (C=O) groups excluding carboxylic acids is 3. The van der Waals surface area contributed by atoms with E-state index in [0.29, 0.717) is 23.5 Å². The van der Waals surface area contributed by atoms with E-state index in [1.807, 2.05) is 18.2 Å². The fraction of sp³-hybridized carbons (Fsp3) is 0.469. The second-order valence-electron chi connectivity index (χ2n) is 13.0. The molecule has 10 nitrogen and oxygen atoms in total. The molecule has 0 fully saturated rings. The standard InChI is InChI=1S/C32H39N3O7Si.Li/c1-9-32(41-25(36)15-33-30(39)42-31(4,5)6)22-14-24-26-20(16-35(24)28(37)21(22)17-40-29(32)38)27(43(7,8)18(2)3)19-12-10-11-13-23(19)34-26;/h10-14,18H,9,15-17H2,1-8H3,(H,33,39);/q;+1/p-1/t32-;/m0./s1. The quantitative estimate of drug-likeness (QED) is 0.185. The number of nitrogens with zero attached hydrogens (tertiary/aromatic N) is 3. The van der Waals surface area contributed by atoms with Gasteiger partial charge in [0.2, 0.25) is 11.7 Å². The zero-order chi connectivity index (χ0) is 31.5. The van der Waals surface area contributed by atoms with E-state index in [4.69, 9.17) is 19.2 Å². The van der Waals surface area contributed by atoms with Gasteiger partial charge in [0, 0.05) is 5.56 Å². The predicted octanol–water partition coefficient (Wildman–Crippen LogP) is 2.27. The van der Waals surface area contributed by atoms with Crippen LogP contribution < -0.4 is 29.6 Å². The average Bonchev–Trinajstić information content (AvgIpc) is 3.29. The summed E-state index contributed by atoms with van der Waals surface area (Å²) in [7, 11) is -2.02. The Kier molecular flexibility index (Phi) is 9.01. The number of fused-ring (bicyclic) bond motifs is 5. The number of pyridine rings is 2. The molecule has 0 radical (unpaired) electrons. The molecule has 2 aliphatic rings. The summed E-state index contributed by atoms with van der Waals surface area (Å²) >= 11 is 0. The van der Waals surface area contributed by atoms with E-state index in [0.717, 1.165) is 16.5 Å². The Hall–Kier alpha value is -3.40. The Morgan fingerprint density at radius 3 is 2.48 bits per heavy atom.